The number of anilines is 1. The van der Waals surface area contributed by atoms with E-state index in [1.54, 1.807) is 12.1 Å². The van der Waals surface area contributed by atoms with Crippen LogP contribution in [0.15, 0.2) is 72.8 Å². The summed E-state index contributed by atoms with van der Waals surface area (Å²) in [6.07, 6.45) is 2.54. The van der Waals surface area contributed by atoms with E-state index < -0.39 is 39.4 Å². The molecule has 226 valence electrons. The minimum absolute atomic E-state index is 0.00812. The third-order valence-electron chi connectivity index (χ3n) is 6.74. The molecule has 0 unspecified atom stereocenters. The van der Waals surface area contributed by atoms with Crippen LogP contribution in [0.4, 0.5) is 18.9 Å². The van der Waals surface area contributed by atoms with Crippen LogP contribution in [0.3, 0.4) is 0 Å². The Balaban J connectivity index is 1.88. The predicted octanol–water partition coefficient (Wildman–Crippen LogP) is 5.21. The maximum atomic E-state index is 14.7. The van der Waals surface area contributed by atoms with Gasteiger partial charge in [-0.05, 0) is 36.6 Å². The first kappa shape index (κ1) is 32.7. The van der Waals surface area contributed by atoms with Crippen molar-refractivity contribution >= 4 is 27.5 Å². The first-order valence-corrected chi connectivity index (χ1v) is 15.6. The van der Waals surface area contributed by atoms with E-state index in [0.29, 0.717) is 6.54 Å². The molecule has 0 heterocycles. The van der Waals surface area contributed by atoms with E-state index in [0.717, 1.165) is 47.2 Å². The standard InChI is InChI=1S/C31H36F3N3O4S/c1-3-4-18-35-31(39)29(20-23-11-6-5-7-12-23)36(22-24-13-8-9-14-26(24)32)30(38)15-10-19-37(42(2,40)41)25-16-17-27(33)28(34)21-25/h5-9,11-14,16-17,21,29H,3-4,10,15,18-20,22H2,1-2H3,(H,35,39)/t29-/m1/s1. The second-order valence-electron chi connectivity index (χ2n) is 10.0. The van der Waals surface area contributed by atoms with Crippen molar-refractivity contribution in [2.45, 2.75) is 51.6 Å². The predicted molar refractivity (Wildman–Crippen MR) is 157 cm³/mol. The van der Waals surface area contributed by atoms with Gasteiger partial charge in [0.15, 0.2) is 11.6 Å². The number of nitrogens with one attached hydrogen (secondary N) is 1. The van der Waals surface area contributed by atoms with Crippen LogP contribution in [0.2, 0.25) is 0 Å². The number of hydrogen-bond acceptors (Lipinski definition) is 4. The lowest BCUT2D eigenvalue weighted by molar-refractivity contribution is -0.141. The molecule has 2 amide bonds. The number of halogens is 3. The number of carbonyl (C=O) groups is 2. The van der Waals surface area contributed by atoms with Crippen molar-refractivity contribution in [3.05, 3.63) is 101 Å². The van der Waals surface area contributed by atoms with Gasteiger partial charge in [-0.25, -0.2) is 21.6 Å². The molecule has 42 heavy (non-hydrogen) atoms. The largest absolute Gasteiger partial charge is 0.354 e. The van der Waals surface area contributed by atoms with Crippen molar-refractivity contribution in [3.63, 3.8) is 0 Å². The monoisotopic (exact) mass is 603 g/mol. The molecule has 0 aromatic heterocycles. The van der Waals surface area contributed by atoms with Crippen LogP contribution in [0, 0.1) is 17.5 Å². The van der Waals surface area contributed by atoms with Crippen molar-refractivity contribution in [1.82, 2.24) is 10.2 Å². The Kier molecular flexibility index (Phi) is 12.0. The lowest BCUT2D eigenvalue weighted by atomic mass is 10.0. The van der Waals surface area contributed by atoms with E-state index in [1.165, 1.54) is 17.0 Å². The number of benzene rings is 3. The summed E-state index contributed by atoms with van der Waals surface area (Å²) in [5.41, 5.74) is 0.954. The Labute approximate surface area is 245 Å². The van der Waals surface area contributed by atoms with E-state index in [-0.39, 0.29) is 49.5 Å². The molecule has 0 bridgehead atoms. The smallest absolute Gasteiger partial charge is 0.243 e. The van der Waals surface area contributed by atoms with E-state index in [2.05, 4.69) is 5.32 Å². The van der Waals surface area contributed by atoms with Crippen LogP contribution in [-0.4, -0.2) is 50.5 Å². The highest BCUT2D eigenvalue weighted by atomic mass is 32.2. The Morgan fingerprint density at radius 1 is 0.881 bits per heavy atom. The summed E-state index contributed by atoms with van der Waals surface area (Å²) in [5.74, 6) is -3.71. The molecule has 0 saturated carbocycles. The van der Waals surface area contributed by atoms with E-state index >= 15 is 0 Å². The fraction of sp³-hybridized carbons (Fsp3) is 0.355. The SMILES string of the molecule is CCCCNC(=O)[C@@H](Cc1ccccc1)N(Cc1ccccc1F)C(=O)CCCN(c1ccc(F)c(F)c1)S(C)(=O)=O. The molecule has 1 atom stereocenters. The Morgan fingerprint density at radius 2 is 1.57 bits per heavy atom. The Hall–Kier alpha value is -3.86. The second kappa shape index (κ2) is 15.4. The lowest BCUT2D eigenvalue weighted by Gasteiger charge is -2.32. The van der Waals surface area contributed by atoms with Crippen LogP contribution < -0.4 is 9.62 Å². The molecule has 0 saturated heterocycles. The summed E-state index contributed by atoms with van der Waals surface area (Å²) in [7, 11) is -3.90. The van der Waals surface area contributed by atoms with Crippen LogP contribution in [0.1, 0.15) is 43.7 Å². The minimum atomic E-state index is -3.90. The molecular weight excluding hydrogens is 567 g/mol. The Morgan fingerprint density at radius 3 is 2.21 bits per heavy atom. The summed E-state index contributed by atoms with van der Waals surface area (Å²) in [6, 6.07) is 16.9. The number of nitrogens with zero attached hydrogens (tertiary/aromatic N) is 2. The molecular formula is C31H36F3N3O4S. The quantitative estimate of drug-likeness (QED) is 0.242. The molecule has 0 aliphatic heterocycles. The molecule has 0 fully saturated rings. The zero-order valence-corrected chi connectivity index (χ0v) is 24.5. The Bertz CT molecular complexity index is 1450. The van der Waals surface area contributed by atoms with Gasteiger partial charge in [0.1, 0.15) is 11.9 Å². The number of carbonyl (C=O) groups excluding carboxylic acids is 2. The maximum absolute atomic E-state index is 14.7. The highest BCUT2D eigenvalue weighted by molar-refractivity contribution is 7.92. The molecule has 3 aromatic rings. The maximum Gasteiger partial charge on any atom is 0.243 e. The molecule has 3 aromatic carbocycles. The number of amides is 2. The summed E-state index contributed by atoms with van der Waals surface area (Å²) in [6.45, 7) is 2.03. The van der Waals surface area contributed by atoms with Crippen LogP contribution in [0.5, 0.6) is 0 Å². The van der Waals surface area contributed by atoms with Gasteiger partial charge in [-0.3, -0.25) is 13.9 Å². The summed E-state index contributed by atoms with van der Waals surface area (Å²) < 4.78 is 67.8. The number of rotatable bonds is 15. The average Bonchev–Trinajstić information content (AvgIpc) is 2.95. The van der Waals surface area contributed by atoms with Crippen molar-refractivity contribution in [3.8, 4) is 0 Å². The van der Waals surface area contributed by atoms with E-state index in [4.69, 9.17) is 0 Å². The zero-order valence-electron chi connectivity index (χ0n) is 23.7. The van der Waals surface area contributed by atoms with Gasteiger partial charge in [0.2, 0.25) is 21.8 Å². The number of hydrogen-bond donors (Lipinski definition) is 1. The fourth-order valence-corrected chi connectivity index (χ4v) is 5.47. The third kappa shape index (κ3) is 9.34. The van der Waals surface area contributed by atoms with Crippen molar-refractivity contribution in [2.75, 3.05) is 23.7 Å². The first-order valence-electron chi connectivity index (χ1n) is 13.8. The van der Waals surface area contributed by atoms with Crippen LogP contribution in [0.25, 0.3) is 0 Å². The van der Waals surface area contributed by atoms with E-state index in [9.17, 15) is 31.2 Å². The third-order valence-corrected chi connectivity index (χ3v) is 7.94. The van der Waals surface area contributed by atoms with Gasteiger partial charge < -0.3 is 10.2 Å². The summed E-state index contributed by atoms with van der Waals surface area (Å²) in [4.78, 5) is 28.5. The normalized spacial score (nSPS) is 12.0. The highest BCUT2D eigenvalue weighted by Crippen LogP contribution is 2.22. The topological polar surface area (TPSA) is 86.8 Å². The molecule has 0 radical (unpaired) electrons. The van der Waals surface area contributed by atoms with Gasteiger partial charge in [0, 0.05) is 44.1 Å². The van der Waals surface area contributed by atoms with E-state index in [1.807, 2.05) is 37.3 Å². The van der Waals surface area contributed by atoms with Crippen molar-refractivity contribution < 1.29 is 31.2 Å². The fourth-order valence-electron chi connectivity index (χ4n) is 4.51. The zero-order chi connectivity index (χ0) is 30.7. The summed E-state index contributed by atoms with van der Waals surface area (Å²) >= 11 is 0. The molecule has 3 rings (SSSR count). The van der Waals surface area contributed by atoms with Crippen molar-refractivity contribution in [2.24, 2.45) is 0 Å². The van der Waals surface area contributed by atoms with Gasteiger partial charge in [-0.1, -0.05) is 61.9 Å². The molecule has 0 aliphatic carbocycles. The molecule has 7 nitrogen and oxygen atoms in total. The first-order chi connectivity index (χ1) is 20.0. The van der Waals surface area contributed by atoms with Gasteiger partial charge in [-0.2, -0.15) is 0 Å². The average molecular weight is 604 g/mol. The number of unbranched alkanes of at least 4 members (excludes halogenated alkanes) is 1. The molecule has 0 aliphatic rings. The van der Waals surface area contributed by atoms with Crippen molar-refractivity contribution in [1.29, 1.82) is 0 Å². The second-order valence-corrected chi connectivity index (χ2v) is 11.9. The van der Waals surface area contributed by atoms with Crippen LogP contribution in [-0.2, 0) is 32.6 Å². The van der Waals surface area contributed by atoms with Gasteiger partial charge in [-0.15, -0.1) is 0 Å². The van der Waals surface area contributed by atoms with Gasteiger partial charge >= 0.3 is 0 Å². The van der Waals surface area contributed by atoms with Gasteiger partial charge in [0.25, 0.3) is 0 Å². The van der Waals surface area contributed by atoms with Gasteiger partial charge in [0.05, 0.1) is 11.9 Å². The summed E-state index contributed by atoms with van der Waals surface area (Å²) in [5, 5.41) is 2.88. The molecule has 0 spiro atoms. The molecule has 11 heteroatoms. The number of sulfonamides is 1. The lowest BCUT2D eigenvalue weighted by Crippen LogP contribution is -2.50. The van der Waals surface area contributed by atoms with Crippen LogP contribution >= 0.6 is 0 Å². The highest BCUT2D eigenvalue weighted by Gasteiger charge is 2.31. The molecule has 1 N–H and O–H groups in total. The minimum Gasteiger partial charge on any atom is -0.354 e.